The number of hydrogen-bond acceptors (Lipinski definition) is 2. The summed E-state index contributed by atoms with van der Waals surface area (Å²) in [4.78, 5) is 15.2. The predicted octanol–water partition coefficient (Wildman–Crippen LogP) is 3.68. The molecule has 1 saturated heterocycles. The molecule has 0 aromatic heterocycles. The van der Waals surface area contributed by atoms with Gasteiger partial charge in [-0.1, -0.05) is 58.8 Å². The lowest BCUT2D eigenvalue weighted by Crippen LogP contribution is -2.45. The van der Waals surface area contributed by atoms with E-state index in [0.29, 0.717) is 11.8 Å². The van der Waals surface area contributed by atoms with Gasteiger partial charge >= 0.3 is 0 Å². The van der Waals surface area contributed by atoms with Crippen LogP contribution in [0.4, 0.5) is 0 Å². The molecule has 1 atom stereocenters. The lowest BCUT2D eigenvalue weighted by molar-refractivity contribution is -0.133. The number of amides is 1. The molecule has 1 amide bonds. The fraction of sp³-hybridized carbons (Fsp3) is 0.944. The molecule has 3 aliphatic rings. The van der Waals surface area contributed by atoms with Gasteiger partial charge in [0.15, 0.2) is 0 Å². The highest BCUT2D eigenvalue weighted by atomic mass is 16.2. The minimum absolute atomic E-state index is 0.193. The van der Waals surface area contributed by atoms with Gasteiger partial charge in [-0.15, -0.1) is 0 Å². The molecule has 3 nitrogen and oxygen atoms in total. The molecule has 1 N–H and O–H groups in total. The first-order valence-electron chi connectivity index (χ1n) is 9.21. The maximum atomic E-state index is 13.0. The number of nitrogens with one attached hydrogen (secondary N) is 1. The third-order valence-corrected chi connectivity index (χ3v) is 6.02. The molecule has 0 aromatic carbocycles. The average Bonchev–Trinajstić information content (AvgIpc) is 3.06. The average molecular weight is 292 g/mol. The Bertz CT molecular complexity index is 367. The van der Waals surface area contributed by atoms with Crippen molar-refractivity contribution in [2.45, 2.75) is 89.8 Å². The van der Waals surface area contributed by atoms with Gasteiger partial charge < -0.3 is 4.90 Å². The highest BCUT2D eigenvalue weighted by Crippen LogP contribution is 2.38. The number of rotatable bonds is 4. The summed E-state index contributed by atoms with van der Waals surface area (Å²) in [5, 5.41) is 3.73. The van der Waals surface area contributed by atoms with Crippen LogP contribution in [0.25, 0.3) is 0 Å². The van der Waals surface area contributed by atoms with E-state index in [1.807, 2.05) is 0 Å². The molecule has 3 heteroatoms. The molecule has 3 rings (SSSR count). The smallest absolute Gasteiger partial charge is 0.244 e. The van der Waals surface area contributed by atoms with Crippen LogP contribution in [0.3, 0.4) is 0 Å². The molecule has 2 saturated carbocycles. The van der Waals surface area contributed by atoms with Gasteiger partial charge in [-0.3, -0.25) is 10.1 Å². The van der Waals surface area contributed by atoms with Gasteiger partial charge in [0.1, 0.15) is 0 Å². The van der Waals surface area contributed by atoms with E-state index in [4.69, 9.17) is 0 Å². The van der Waals surface area contributed by atoms with Crippen molar-refractivity contribution in [3.05, 3.63) is 0 Å². The van der Waals surface area contributed by atoms with Gasteiger partial charge in [-0.25, -0.2) is 0 Å². The predicted molar refractivity (Wildman–Crippen MR) is 85.9 cm³/mol. The van der Waals surface area contributed by atoms with Gasteiger partial charge in [0.25, 0.3) is 0 Å². The first kappa shape index (κ1) is 15.3. The van der Waals surface area contributed by atoms with Crippen LogP contribution in [0.15, 0.2) is 0 Å². The van der Waals surface area contributed by atoms with Crippen molar-refractivity contribution < 1.29 is 4.79 Å². The quantitative estimate of drug-likeness (QED) is 0.857. The largest absolute Gasteiger partial charge is 0.325 e. The van der Waals surface area contributed by atoms with E-state index in [9.17, 15) is 4.79 Å². The topological polar surface area (TPSA) is 32.3 Å². The Labute approximate surface area is 129 Å². The fourth-order valence-corrected chi connectivity index (χ4v) is 4.73. The zero-order valence-corrected chi connectivity index (χ0v) is 13.9. The van der Waals surface area contributed by atoms with Crippen molar-refractivity contribution in [1.29, 1.82) is 0 Å². The van der Waals surface area contributed by atoms with E-state index < -0.39 is 0 Å². The van der Waals surface area contributed by atoms with Crippen LogP contribution >= 0.6 is 0 Å². The van der Waals surface area contributed by atoms with E-state index in [1.54, 1.807) is 0 Å². The molecular weight excluding hydrogens is 260 g/mol. The minimum Gasteiger partial charge on any atom is -0.325 e. The molecule has 1 heterocycles. The van der Waals surface area contributed by atoms with E-state index >= 15 is 0 Å². The van der Waals surface area contributed by atoms with Crippen LogP contribution in [0.5, 0.6) is 0 Å². The Balaban J connectivity index is 1.64. The van der Waals surface area contributed by atoms with E-state index in [0.717, 1.165) is 25.3 Å². The second-order valence-corrected chi connectivity index (χ2v) is 7.91. The summed E-state index contributed by atoms with van der Waals surface area (Å²) >= 11 is 0. The molecule has 1 spiro atoms. The first-order chi connectivity index (χ1) is 10.1. The van der Waals surface area contributed by atoms with E-state index in [2.05, 4.69) is 24.1 Å². The van der Waals surface area contributed by atoms with Gasteiger partial charge in [-0.2, -0.15) is 0 Å². The number of carbonyl (C=O) groups is 1. The Morgan fingerprint density at radius 1 is 1.14 bits per heavy atom. The Kier molecular flexibility index (Phi) is 4.58. The van der Waals surface area contributed by atoms with E-state index in [1.165, 1.54) is 51.4 Å². The van der Waals surface area contributed by atoms with Gasteiger partial charge in [0.2, 0.25) is 5.91 Å². The summed E-state index contributed by atoms with van der Waals surface area (Å²) in [5.74, 6) is 1.77. The summed E-state index contributed by atoms with van der Waals surface area (Å²) in [6.07, 6.45) is 13.0. The molecule has 0 aromatic rings. The van der Waals surface area contributed by atoms with Crippen molar-refractivity contribution in [2.75, 3.05) is 6.54 Å². The third-order valence-electron chi connectivity index (χ3n) is 6.02. The summed E-state index contributed by atoms with van der Waals surface area (Å²) in [6, 6.07) is 0. The highest BCUT2D eigenvalue weighted by molar-refractivity contribution is 5.89. The first-order valence-corrected chi connectivity index (χ1v) is 9.21. The van der Waals surface area contributed by atoms with Crippen LogP contribution in [0, 0.1) is 11.8 Å². The molecule has 3 fully saturated rings. The van der Waals surface area contributed by atoms with Crippen LogP contribution in [-0.2, 0) is 4.79 Å². The maximum Gasteiger partial charge on any atom is 0.244 e. The maximum absolute atomic E-state index is 13.0. The van der Waals surface area contributed by atoms with Crippen molar-refractivity contribution in [2.24, 2.45) is 11.8 Å². The summed E-state index contributed by atoms with van der Waals surface area (Å²) in [7, 11) is 0. The lowest BCUT2D eigenvalue weighted by atomic mass is 9.87. The fourth-order valence-electron chi connectivity index (χ4n) is 4.73. The van der Waals surface area contributed by atoms with Crippen LogP contribution < -0.4 is 5.32 Å². The second kappa shape index (κ2) is 6.28. The zero-order valence-electron chi connectivity index (χ0n) is 13.9. The second-order valence-electron chi connectivity index (χ2n) is 7.91. The van der Waals surface area contributed by atoms with Crippen LogP contribution in [0.2, 0.25) is 0 Å². The Morgan fingerprint density at radius 2 is 1.81 bits per heavy atom. The highest BCUT2D eigenvalue weighted by Gasteiger charge is 2.52. The summed E-state index contributed by atoms with van der Waals surface area (Å²) in [5.41, 5.74) is -0.193. The Morgan fingerprint density at radius 3 is 2.43 bits per heavy atom. The molecular formula is C18H32N2O. The molecule has 0 bridgehead atoms. The van der Waals surface area contributed by atoms with Gasteiger partial charge in [-0.05, 0) is 31.1 Å². The normalized spacial score (nSPS) is 30.0. The van der Waals surface area contributed by atoms with Crippen molar-refractivity contribution >= 4 is 5.91 Å². The minimum atomic E-state index is -0.193. The molecule has 1 unspecified atom stereocenters. The monoisotopic (exact) mass is 292 g/mol. The van der Waals surface area contributed by atoms with Crippen molar-refractivity contribution in [3.63, 3.8) is 0 Å². The van der Waals surface area contributed by atoms with E-state index in [-0.39, 0.29) is 11.7 Å². The molecule has 2 aliphatic carbocycles. The molecule has 0 radical (unpaired) electrons. The summed E-state index contributed by atoms with van der Waals surface area (Å²) < 4.78 is 0. The van der Waals surface area contributed by atoms with Crippen LogP contribution in [-0.4, -0.2) is 29.1 Å². The van der Waals surface area contributed by atoms with Gasteiger partial charge in [0.05, 0.1) is 11.7 Å². The Hall–Kier alpha value is -0.570. The van der Waals surface area contributed by atoms with Crippen LogP contribution in [0.1, 0.15) is 78.1 Å². The zero-order chi connectivity index (χ0) is 14.9. The number of carbonyl (C=O) groups excluding carboxylic acids is 1. The van der Waals surface area contributed by atoms with Crippen molar-refractivity contribution in [1.82, 2.24) is 10.2 Å². The molecule has 1 aliphatic heterocycles. The number of hydrogen-bond donors (Lipinski definition) is 1. The summed E-state index contributed by atoms with van der Waals surface area (Å²) in [6.45, 7) is 5.46. The van der Waals surface area contributed by atoms with Gasteiger partial charge in [0, 0.05) is 6.54 Å². The molecule has 120 valence electrons. The number of nitrogens with zero attached hydrogens (tertiary/aromatic N) is 1. The SMILES string of the molecule is CC(C)C1NC2(CCCC2)C(=O)N1CCC1CCCCC1. The standard InChI is InChI=1S/C18H32N2O/c1-14(2)16-19-18(11-6-7-12-18)17(21)20(16)13-10-15-8-4-3-5-9-15/h14-16,19H,3-13H2,1-2H3. The molecule has 21 heavy (non-hydrogen) atoms. The van der Waals surface area contributed by atoms with Crippen molar-refractivity contribution in [3.8, 4) is 0 Å². The third kappa shape index (κ3) is 2.99. The lowest BCUT2D eigenvalue weighted by Gasteiger charge is -2.30.